The van der Waals surface area contributed by atoms with Crippen LogP contribution in [0.3, 0.4) is 0 Å². The molecule has 0 spiro atoms. The summed E-state index contributed by atoms with van der Waals surface area (Å²) in [6, 6.07) is 10.0. The molecular formula is C19H23ClN2O4S2. The van der Waals surface area contributed by atoms with Crippen LogP contribution in [0.2, 0.25) is 5.02 Å². The van der Waals surface area contributed by atoms with Crippen molar-refractivity contribution in [3.05, 3.63) is 51.9 Å². The standard InChI is InChI=1S/C19H23ClN2O4S2/c20-15-6-4-14(5-7-15)17(23)13-21-18(24)12-16-8-9-19(27-16)28(25,26)22-10-2-1-3-11-22/h4-9,17,23H,1-3,10-13H2,(H,21,24). The van der Waals surface area contributed by atoms with Gasteiger partial charge in [-0.1, -0.05) is 30.2 Å². The molecule has 9 heteroatoms. The second-order valence-corrected chi connectivity index (χ2v) is 10.5. The molecule has 6 nitrogen and oxygen atoms in total. The highest BCUT2D eigenvalue weighted by molar-refractivity contribution is 7.91. The van der Waals surface area contributed by atoms with Crippen molar-refractivity contribution in [3.63, 3.8) is 0 Å². The number of amides is 1. The number of thiophene rings is 1. The molecule has 0 bridgehead atoms. The molecule has 2 N–H and O–H groups in total. The fourth-order valence-electron chi connectivity index (χ4n) is 3.06. The van der Waals surface area contributed by atoms with Gasteiger partial charge in [0.1, 0.15) is 4.21 Å². The van der Waals surface area contributed by atoms with E-state index < -0.39 is 16.1 Å². The molecule has 1 fully saturated rings. The summed E-state index contributed by atoms with van der Waals surface area (Å²) in [5.74, 6) is -0.267. The molecule has 1 amide bonds. The Kier molecular flexibility index (Phi) is 7.11. The quantitative estimate of drug-likeness (QED) is 0.690. The van der Waals surface area contributed by atoms with Crippen LogP contribution >= 0.6 is 22.9 Å². The van der Waals surface area contributed by atoms with Gasteiger partial charge in [0.15, 0.2) is 0 Å². The number of carbonyl (C=O) groups is 1. The van der Waals surface area contributed by atoms with E-state index in [2.05, 4.69) is 5.32 Å². The maximum absolute atomic E-state index is 12.7. The number of aliphatic hydroxyl groups excluding tert-OH is 1. The Morgan fingerprint density at radius 2 is 1.82 bits per heavy atom. The molecule has 3 rings (SSSR count). The molecule has 0 aliphatic carbocycles. The Labute approximate surface area is 174 Å². The van der Waals surface area contributed by atoms with Crippen LogP contribution in [0.15, 0.2) is 40.6 Å². The van der Waals surface area contributed by atoms with Crippen LogP contribution in [-0.4, -0.2) is 43.4 Å². The van der Waals surface area contributed by atoms with Gasteiger partial charge < -0.3 is 10.4 Å². The summed E-state index contributed by atoms with van der Waals surface area (Å²) in [7, 11) is -3.47. The molecule has 1 aromatic heterocycles. The molecule has 2 aromatic rings. The van der Waals surface area contributed by atoms with E-state index in [1.165, 1.54) is 4.31 Å². The van der Waals surface area contributed by atoms with Crippen molar-refractivity contribution in [2.75, 3.05) is 19.6 Å². The lowest BCUT2D eigenvalue weighted by atomic mass is 10.1. The molecule has 1 aromatic carbocycles. The average molecular weight is 443 g/mol. The van der Waals surface area contributed by atoms with Crippen molar-refractivity contribution < 1.29 is 18.3 Å². The van der Waals surface area contributed by atoms with Gasteiger partial charge in [-0.05, 0) is 42.7 Å². The number of benzene rings is 1. The lowest BCUT2D eigenvalue weighted by Gasteiger charge is -2.25. The predicted molar refractivity (Wildman–Crippen MR) is 110 cm³/mol. The predicted octanol–water partition coefficient (Wildman–Crippen LogP) is 2.97. The number of halogens is 1. The van der Waals surface area contributed by atoms with Crippen LogP contribution in [0, 0.1) is 0 Å². The topological polar surface area (TPSA) is 86.7 Å². The fourth-order valence-corrected chi connectivity index (χ4v) is 6.21. The van der Waals surface area contributed by atoms with Crippen molar-refractivity contribution in [2.45, 2.75) is 36.0 Å². The lowest BCUT2D eigenvalue weighted by Crippen LogP contribution is -2.35. The maximum Gasteiger partial charge on any atom is 0.252 e. The summed E-state index contributed by atoms with van der Waals surface area (Å²) in [5.41, 5.74) is 0.663. The Morgan fingerprint density at radius 3 is 2.50 bits per heavy atom. The van der Waals surface area contributed by atoms with Crippen LogP contribution in [-0.2, 0) is 21.2 Å². The number of rotatable bonds is 7. The summed E-state index contributed by atoms with van der Waals surface area (Å²) < 4.78 is 27.1. The zero-order chi connectivity index (χ0) is 20.1. The van der Waals surface area contributed by atoms with Gasteiger partial charge in [0.25, 0.3) is 10.0 Å². The zero-order valence-corrected chi connectivity index (χ0v) is 17.7. The Morgan fingerprint density at radius 1 is 1.14 bits per heavy atom. The first-order valence-corrected chi connectivity index (χ1v) is 11.8. The van der Waals surface area contributed by atoms with Gasteiger partial charge in [0.05, 0.1) is 12.5 Å². The Balaban J connectivity index is 1.54. The molecule has 0 saturated carbocycles. The van der Waals surface area contributed by atoms with E-state index >= 15 is 0 Å². The van der Waals surface area contributed by atoms with E-state index in [0.29, 0.717) is 28.6 Å². The van der Waals surface area contributed by atoms with Gasteiger partial charge in [-0.15, -0.1) is 11.3 Å². The third kappa shape index (κ3) is 5.33. The highest BCUT2D eigenvalue weighted by atomic mass is 35.5. The molecular weight excluding hydrogens is 420 g/mol. The maximum atomic E-state index is 12.7. The van der Waals surface area contributed by atoms with Crippen molar-refractivity contribution in [3.8, 4) is 0 Å². The summed E-state index contributed by atoms with van der Waals surface area (Å²) in [6.45, 7) is 1.18. The third-order valence-corrected chi connectivity index (χ3v) is 8.33. The smallest absolute Gasteiger partial charge is 0.252 e. The van der Waals surface area contributed by atoms with Crippen LogP contribution in [0.25, 0.3) is 0 Å². The van der Waals surface area contributed by atoms with Crippen molar-refractivity contribution >= 4 is 38.9 Å². The van der Waals surface area contributed by atoms with Gasteiger partial charge in [0, 0.05) is 29.5 Å². The van der Waals surface area contributed by atoms with Gasteiger partial charge in [-0.2, -0.15) is 4.31 Å². The van der Waals surface area contributed by atoms with Crippen LogP contribution in [0.4, 0.5) is 0 Å². The Bertz CT molecular complexity index is 906. The van der Waals surface area contributed by atoms with Crippen LogP contribution in [0.5, 0.6) is 0 Å². The normalized spacial score (nSPS) is 16.6. The largest absolute Gasteiger partial charge is 0.387 e. The van der Waals surface area contributed by atoms with E-state index in [-0.39, 0.29) is 23.1 Å². The SMILES string of the molecule is O=C(Cc1ccc(S(=O)(=O)N2CCCCC2)s1)NCC(O)c1ccc(Cl)cc1. The van der Waals surface area contributed by atoms with Gasteiger partial charge in [-0.3, -0.25) is 4.79 Å². The van der Waals surface area contributed by atoms with Gasteiger partial charge in [0.2, 0.25) is 5.91 Å². The molecule has 152 valence electrons. The summed E-state index contributed by atoms with van der Waals surface area (Å²) in [6.07, 6.45) is 2.07. The van der Waals surface area contributed by atoms with E-state index in [9.17, 15) is 18.3 Å². The number of sulfonamides is 1. The molecule has 1 saturated heterocycles. The van der Waals surface area contributed by atoms with Crippen molar-refractivity contribution in [1.82, 2.24) is 9.62 Å². The van der Waals surface area contributed by atoms with E-state index in [1.807, 2.05) is 0 Å². The first kappa shape index (κ1) is 21.3. The average Bonchev–Trinajstić information content (AvgIpc) is 3.16. The zero-order valence-electron chi connectivity index (χ0n) is 15.3. The van der Waals surface area contributed by atoms with E-state index in [1.54, 1.807) is 36.4 Å². The summed E-state index contributed by atoms with van der Waals surface area (Å²) in [4.78, 5) is 12.8. The molecule has 1 aliphatic heterocycles. The van der Waals surface area contributed by atoms with E-state index in [4.69, 9.17) is 11.6 Å². The minimum Gasteiger partial charge on any atom is -0.387 e. The number of nitrogens with one attached hydrogen (secondary N) is 1. The Hall–Kier alpha value is -1.45. The first-order valence-electron chi connectivity index (χ1n) is 9.15. The van der Waals surface area contributed by atoms with Crippen LogP contribution < -0.4 is 5.32 Å². The minimum atomic E-state index is -3.47. The van der Waals surface area contributed by atoms with Crippen molar-refractivity contribution in [1.29, 1.82) is 0 Å². The molecule has 1 unspecified atom stereocenters. The number of aliphatic hydroxyl groups is 1. The van der Waals surface area contributed by atoms with Crippen LogP contribution in [0.1, 0.15) is 35.8 Å². The molecule has 1 aliphatic rings. The first-order chi connectivity index (χ1) is 13.4. The number of hydrogen-bond donors (Lipinski definition) is 2. The third-order valence-electron chi connectivity index (χ3n) is 4.63. The second-order valence-electron chi connectivity index (χ2n) is 6.73. The molecule has 2 heterocycles. The number of carbonyl (C=O) groups excluding carboxylic acids is 1. The fraction of sp³-hybridized carbons (Fsp3) is 0.421. The second kappa shape index (κ2) is 9.37. The molecule has 1 atom stereocenters. The lowest BCUT2D eigenvalue weighted by molar-refractivity contribution is -0.120. The summed E-state index contributed by atoms with van der Waals surface area (Å²) in [5, 5.41) is 13.4. The number of piperidine rings is 1. The molecule has 0 radical (unpaired) electrons. The van der Waals surface area contributed by atoms with Gasteiger partial charge in [-0.25, -0.2) is 8.42 Å². The highest BCUT2D eigenvalue weighted by Crippen LogP contribution is 2.27. The highest BCUT2D eigenvalue weighted by Gasteiger charge is 2.27. The number of hydrogen-bond acceptors (Lipinski definition) is 5. The monoisotopic (exact) mass is 442 g/mol. The minimum absolute atomic E-state index is 0.0742. The van der Waals surface area contributed by atoms with Gasteiger partial charge >= 0.3 is 0 Å². The molecule has 28 heavy (non-hydrogen) atoms. The number of nitrogens with zero attached hydrogens (tertiary/aromatic N) is 1. The summed E-state index contributed by atoms with van der Waals surface area (Å²) >= 11 is 6.95. The van der Waals surface area contributed by atoms with E-state index in [0.717, 1.165) is 30.6 Å². The van der Waals surface area contributed by atoms with Crippen molar-refractivity contribution in [2.24, 2.45) is 0 Å².